The third kappa shape index (κ3) is 48.5. The summed E-state index contributed by atoms with van der Waals surface area (Å²) < 4.78 is 30.5. The van der Waals surface area contributed by atoms with E-state index in [0.717, 1.165) is 96.3 Å². The third-order valence-electron chi connectivity index (χ3n) is 12.0. The Morgan fingerprint density at radius 1 is 0.522 bits per heavy atom. The lowest BCUT2D eigenvalue weighted by Crippen LogP contribution is -2.47. The fourth-order valence-electron chi connectivity index (χ4n) is 7.63. The maximum absolute atomic E-state index is 13.5. The first kappa shape index (κ1) is 64.7. The molecule has 0 saturated heterocycles. The summed E-state index contributed by atoms with van der Waals surface area (Å²) in [6.07, 6.45) is 57.8. The summed E-state index contributed by atoms with van der Waals surface area (Å²) in [5, 5.41) is 3.03. The predicted molar refractivity (Wildman–Crippen MR) is 286 cm³/mol. The van der Waals surface area contributed by atoms with E-state index in [1.165, 1.54) is 109 Å². The van der Waals surface area contributed by atoms with Crippen LogP contribution in [0.25, 0.3) is 0 Å². The van der Waals surface area contributed by atoms with Crippen molar-refractivity contribution < 1.29 is 37.3 Å². The number of phosphoric acid groups is 1. The van der Waals surface area contributed by atoms with E-state index in [-0.39, 0.29) is 31.5 Å². The molecule has 10 heteroatoms. The monoisotopic (exact) mass is 962 g/mol. The number of ether oxygens (including phenoxy) is 1. The fraction of sp³-hybridized carbons (Fsp3) is 0.789. The van der Waals surface area contributed by atoms with Gasteiger partial charge in [0.1, 0.15) is 19.3 Å². The van der Waals surface area contributed by atoms with E-state index >= 15 is 0 Å². The number of unbranched alkanes of at least 4 members (excludes halogenated alkanes) is 27. The summed E-state index contributed by atoms with van der Waals surface area (Å²) >= 11 is 0. The van der Waals surface area contributed by atoms with E-state index in [0.29, 0.717) is 17.4 Å². The molecule has 0 aliphatic carbocycles. The van der Waals surface area contributed by atoms with Crippen molar-refractivity contribution in [1.29, 1.82) is 0 Å². The molecule has 0 aromatic carbocycles. The zero-order valence-corrected chi connectivity index (χ0v) is 45.3. The summed E-state index contributed by atoms with van der Waals surface area (Å²) in [5.41, 5.74) is 0. The maximum Gasteiger partial charge on any atom is 0.472 e. The largest absolute Gasteiger partial charge is 0.472 e. The van der Waals surface area contributed by atoms with Crippen LogP contribution in [0.15, 0.2) is 60.8 Å². The first-order valence-corrected chi connectivity index (χ1v) is 29.1. The molecule has 1 amide bonds. The molecule has 0 spiro atoms. The Morgan fingerprint density at radius 3 is 1.34 bits per heavy atom. The van der Waals surface area contributed by atoms with Gasteiger partial charge in [-0.3, -0.25) is 18.6 Å². The number of hydrogen-bond donors (Lipinski definition) is 2. The Balaban J connectivity index is 5.40. The van der Waals surface area contributed by atoms with Crippen LogP contribution in [0.3, 0.4) is 0 Å². The number of esters is 1. The summed E-state index contributed by atoms with van der Waals surface area (Å²) in [5.74, 6) is -0.534. The molecule has 0 bridgehead atoms. The van der Waals surface area contributed by atoms with Crippen molar-refractivity contribution in [3.63, 3.8) is 0 Å². The van der Waals surface area contributed by atoms with Crippen LogP contribution in [0.2, 0.25) is 0 Å². The molecule has 0 aromatic rings. The lowest BCUT2D eigenvalue weighted by Gasteiger charge is -2.27. The molecular weight excluding hydrogens is 856 g/mol. The lowest BCUT2D eigenvalue weighted by molar-refractivity contribution is -0.870. The second-order valence-corrected chi connectivity index (χ2v) is 21.3. The number of nitrogens with one attached hydrogen (secondary N) is 1. The Labute approximate surface area is 413 Å². The van der Waals surface area contributed by atoms with Gasteiger partial charge in [0.25, 0.3) is 0 Å². The van der Waals surface area contributed by atoms with Gasteiger partial charge in [0, 0.05) is 12.8 Å². The van der Waals surface area contributed by atoms with Crippen LogP contribution in [-0.2, 0) is 27.9 Å². The molecule has 0 saturated carbocycles. The molecule has 390 valence electrons. The minimum absolute atomic E-state index is 0.0342. The zero-order chi connectivity index (χ0) is 49.4. The first-order chi connectivity index (χ1) is 32.4. The molecule has 0 aliphatic heterocycles. The number of carbonyl (C=O) groups excluding carboxylic acids is 2. The van der Waals surface area contributed by atoms with Gasteiger partial charge < -0.3 is 19.4 Å². The van der Waals surface area contributed by atoms with Crippen molar-refractivity contribution in [1.82, 2.24) is 5.32 Å². The maximum atomic E-state index is 13.5. The van der Waals surface area contributed by atoms with Gasteiger partial charge in [-0.25, -0.2) is 4.57 Å². The summed E-state index contributed by atoms with van der Waals surface area (Å²) in [4.78, 5) is 37.5. The van der Waals surface area contributed by atoms with Gasteiger partial charge in [-0.1, -0.05) is 204 Å². The summed E-state index contributed by atoms with van der Waals surface area (Å²) in [7, 11) is 1.48. The van der Waals surface area contributed by atoms with Crippen LogP contribution < -0.4 is 5.32 Å². The highest BCUT2D eigenvalue weighted by Crippen LogP contribution is 2.43. The summed E-state index contributed by atoms with van der Waals surface area (Å²) in [6, 6.07) is -0.858. The van der Waals surface area contributed by atoms with Crippen molar-refractivity contribution >= 4 is 19.7 Å². The molecule has 9 nitrogen and oxygen atoms in total. The molecule has 3 unspecified atom stereocenters. The molecule has 0 rings (SSSR count). The lowest BCUT2D eigenvalue weighted by atomic mass is 10.1. The van der Waals surface area contributed by atoms with Gasteiger partial charge in [-0.05, 0) is 83.1 Å². The molecule has 67 heavy (non-hydrogen) atoms. The Kier molecular flexibility index (Phi) is 45.8. The Hall–Kier alpha value is -2.29. The van der Waals surface area contributed by atoms with Crippen LogP contribution in [-0.4, -0.2) is 74.3 Å². The molecule has 0 aromatic heterocycles. The third-order valence-corrected chi connectivity index (χ3v) is 13.0. The molecular formula is C57H106N2O7P+. The SMILES string of the molecule is CCCCC/C=C/C=C/CCCCCCCCC(=O)NC(COP(=O)(O)OCC[N+](C)(C)C)C(/C=C/CCCCCCCCCCC)OC(=O)CCCCCCCC/C=C/C=C/CCCCC. The molecule has 0 heterocycles. The summed E-state index contributed by atoms with van der Waals surface area (Å²) in [6.45, 7) is 6.92. The van der Waals surface area contributed by atoms with Crippen LogP contribution in [0.5, 0.6) is 0 Å². The van der Waals surface area contributed by atoms with Gasteiger partial charge >= 0.3 is 13.8 Å². The normalized spacial score (nSPS) is 14.3. The second-order valence-electron chi connectivity index (χ2n) is 19.8. The molecule has 0 fully saturated rings. The second kappa shape index (κ2) is 47.4. The van der Waals surface area contributed by atoms with Crippen molar-refractivity contribution in [2.45, 2.75) is 251 Å². The predicted octanol–water partition coefficient (Wildman–Crippen LogP) is 16.3. The van der Waals surface area contributed by atoms with Crippen molar-refractivity contribution in [3.8, 4) is 0 Å². The van der Waals surface area contributed by atoms with E-state index < -0.39 is 20.0 Å². The van der Waals surface area contributed by atoms with E-state index in [9.17, 15) is 19.0 Å². The van der Waals surface area contributed by atoms with Crippen LogP contribution >= 0.6 is 7.82 Å². The van der Waals surface area contributed by atoms with Gasteiger partial charge in [0.15, 0.2) is 0 Å². The van der Waals surface area contributed by atoms with Crippen molar-refractivity contribution in [2.24, 2.45) is 0 Å². The van der Waals surface area contributed by atoms with Gasteiger partial charge in [-0.15, -0.1) is 0 Å². The van der Waals surface area contributed by atoms with E-state index in [1.54, 1.807) is 0 Å². The zero-order valence-electron chi connectivity index (χ0n) is 44.4. The standard InChI is InChI=1S/C57H105N2O7P/c1-7-10-13-16-19-22-25-27-29-31-34-37-40-43-46-49-56(60)58-54(53-65-67(62,63)64-52-51-59(4,5)6)55(48-45-42-39-36-33-24-21-18-15-12-9-3)66-57(61)50-47-44-41-38-35-32-30-28-26-23-20-17-14-11-8-2/h19-20,22-23,25-28,45,48,54-55H,7-18,21,24,29-44,46-47,49-53H2,1-6H3,(H-,58,60,62,63)/p+1/b22-19+,23-20+,27-25+,28-26+,48-45+. The fourth-order valence-corrected chi connectivity index (χ4v) is 8.36. The van der Waals surface area contributed by atoms with Crippen molar-refractivity contribution in [2.75, 3.05) is 40.9 Å². The number of rotatable bonds is 49. The van der Waals surface area contributed by atoms with Gasteiger partial charge in [0.05, 0.1) is 33.8 Å². The highest BCUT2D eigenvalue weighted by molar-refractivity contribution is 7.47. The number of hydrogen-bond acceptors (Lipinski definition) is 6. The van der Waals surface area contributed by atoms with Crippen LogP contribution in [0, 0.1) is 0 Å². The van der Waals surface area contributed by atoms with Crippen molar-refractivity contribution in [3.05, 3.63) is 60.8 Å². The molecule has 2 N–H and O–H groups in total. The average molecular weight is 962 g/mol. The number of amides is 1. The van der Waals surface area contributed by atoms with E-state index in [4.69, 9.17) is 13.8 Å². The Morgan fingerprint density at radius 2 is 0.896 bits per heavy atom. The quantitative estimate of drug-likeness (QED) is 0.0156. The Bertz CT molecular complexity index is 1340. The smallest absolute Gasteiger partial charge is 0.456 e. The number of allylic oxidation sites excluding steroid dienone is 9. The van der Waals surface area contributed by atoms with E-state index in [2.05, 4.69) is 74.7 Å². The van der Waals surface area contributed by atoms with Crippen LogP contribution in [0.4, 0.5) is 0 Å². The van der Waals surface area contributed by atoms with E-state index in [1.807, 2.05) is 33.3 Å². The molecule has 0 aliphatic rings. The minimum Gasteiger partial charge on any atom is -0.456 e. The average Bonchev–Trinajstić information content (AvgIpc) is 3.28. The number of carbonyl (C=O) groups is 2. The number of quaternary nitrogens is 1. The first-order valence-electron chi connectivity index (χ1n) is 27.6. The molecule has 3 atom stereocenters. The number of nitrogens with zero attached hydrogens (tertiary/aromatic N) is 1. The highest BCUT2D eigenvalue weighted by Gasteiger charge is 2.30. The van der Waals surface area contributed by atoms with Gasteiger partial charge in [0.2, 0.25) is 5.91 Å². The number of phosphoric ester groups is 1. The highest BCUT2D eigenvalue weighted by atomic mass is 31.2. The molecule has 0 radical (unpaired) electrons. The minimum atomic E-state index is -4.45. The van der Waals surface area contributed by atoms with Gasteiger partial charge in [-0.2, -0.15) is 0 Å². The number of likely N-dealkylation sites (N-methyl/N-ethyl adjacent to an activating group) is 1. The topological polar surface area (TPSA) is 111 Å². The van der Waals surface area contributed by atoms with Crippen LogP contribution in [0.1, 0.15) is 239 Å².